The highest BCUT2D eigenvalue weighted by Gasteiger charge is 2.54. The zero-order valence-corrected chi connectivity index (χ0v) is 12.2. The summed E-state index contributed by atoms with van der Waals surface area (Å²) in [6.45, 7) is 0.0209. The van der Waals surface area contributed by atoms with E-state index in [0.717, 1.165) is 37.0 Å². The molecule has 1 aromatic rings. The molecule has 0 saturated heterocycles. The Morgan fingerprint density at radius 2 is 1.67 bits per heavy atom. The van der Waals surface area contributed by atoms with Crippen molar-refractivity contribution in [3.05, 3.63) is 30.1 Å². The van der Waals surface area contributed by atoms with Gasteiger partial charge < -0.3 is 4.74 Å². The second-order valence-electron chi connectivity index (χ2n) is 7.34. The van der Waals surface area contributed by atoms with Gasteiger partial charge in [-0.25, -0.2) is 4.39 Å². The van der Waals surface area contributed by atoms with Gasteiger partial charge in [0.15, 0.2) is 17.3 Å². The number of rotatable bonds is 4. The Balaban J connectivity index is 1.47. The topological polar surface area (TPSA) is 26.3 Å². The van der Waals surface area contributed by atoms with Gasteiger partial charge in [-0.3, -0.25) is 4.79 Å². The summed E-state index contributed by atoms with van der Waals surface area (Å²) in [5.74, 6) is 2.23. The second kappa shape index (κ2) is 4.82. The van der Waals surface area contributed by atoms with Crippen molar-refractivity contribution >= 4 is 5.78 Å². The first-order valence-electron chi connectivity index (χ1n) is 8.05. The van der Waals surface area contributed by atoms with Crippen molar-refractivity contribution in [3.8, 4) is 5.75 Å². The molecule has 2 nitrogen and oxygen atoms in total. The number of ketones is 1. The monoisotopic (exact) mass is 288 g/mol. The van der Waals surface area contributed by atoms with Gasteiger partial charge in [-0.15, -0.1) is 0 Å². The molecule has 4 fully saturated rings. The van der Waals surface area contributed by atoms with E-state index in [4.69, 9.17) is 4.74 Å². The summed E-state index contributed by atoms with van der Waals surface area (Å²) in [4.78, 5) is 12.7. The maximum atomic E-state index is 13.6. The fraction of sp³-hybridized carbons (Fsp3) is 0.611. The Labute approximate surface area is 124 Å². The molecular weight excluding hydrogens is 267 g/mol. The number of hydrogen-bond acceptors (Lipinski definition) is 2. The minimum atomic E-state index is -0.393. The fourth-order valence-electron chi connectivity index (χ4n) is 5.31. The Kier molecular flexibility index (Phi) is 3.05. The van der Waals surface area contributed by atoms with Crippen molar-refractivity contribution in [2.45, 2.75) is 38.5 Å². The molecule has 0 radical (unpaired) electrons. The summed E-state index contributed by atoms with van der Waals surface area (Å²) in [6.07, 6.45) is 7.08. The van der Waals surface area contributed by atoms with Crippen LogP contribution in [-0.2, 0) is 4.79 Å². The number of ether oxygens (including phenoxy) is 1. The molecule has 3 heteroatoms. The summed E-state index contributed by atoms with van der Waals surface area (Å²) in [7, 11) is 0. The minimum absolute atomic E-state index is 0.0209. The number of halogens is 1. The van der Waals surface area contributed by atoms with Crippen LogP contribution in [0.1, 0.15) is 38.5 Å². The van der Waals surface area contributed by atoms with Gasteiger partial charge in [0.25, 0.3) is 0 Å². The van der Waals surface area contributed by atoms with E-state index in [1.807, 2.05) is 0 Å². The van der Waals surface area contributed by atoms with Crippen LogP contribution in [0.5, 0.6) is 5.75 Å². The third kappa shape index (κ3) is 2.27. The number of carbonyl (C=O) groups is 1. The predicted molar refractivity (Wildman–Crippen MR) is 77.5 cm³/mol. The van der Waals surface area contributed by atoms with Crippen molar-refractivity contribution in [2.24, 2.45) is 23.2 Å². The average molecular weight is 288 g/mol. The molecular formula is C18H21FO2. The van der Waals surface area contributed by atoms with Crippen LogP contribution in [0.4, 0.5) is 4.39 Å². The maximum Gasteiger partial charge on any atom is 0.176 e. The van der Waals surface area contributed by atoms with E-state index in [2.05, 4.69) is 0 Å². The van der Waals surface area contributed by atoms with Crippen LogP contribution in [0.2, 0.25) is 0 Å². The van der Waals surface area contributed by atoms with Crippen molar-refractivity contribution < 1.29 is 13.9 Å². The Bertz CT molecular complexity index is 531. The average Bonchev–Trinajstić information content (AvgIpc) is 2.44. The number of hydrogen-bond donors (Lipinski definition) is 0. The lowest BCUT2D eigenvalue weighted by Gasteiger charge is -2.55. The van der Waals surface area contributed by atoms with Gasteiger partial charge in [-0.05, 0) is 68.4 Å². The van der Waals surface area contributed by atoms with E-state index in [1.54, 1.807) is 18.2 Å². The van der Waals surface area contributed by atoms with Crippen LogP contribution >= 0.6 is 0 Å². The lowest BCUT2D eigenvalue weighted by atomic mass is 9.48. The lowest BCUT2D eigenvalue weighted by molar-refractivity contribution is -0.146. The molecule has 0 amide bonds. The van der Waals surface area contributed by atoms with Crippen LogP contribution in [-0.4, -0.2) is 12.4 Å². The van der Waals surface area contributed by atoms with Crippen molar-refractivity contribution in [1.29, 1.82) is 0 Å². The van der Waals surface area contributed by atoms with Gasteiger partial charge in [0.1, 0.15) is 6.61 Å². The molecule has 4 aliphatic carbocycles. The summed E-state index contributed by atoms with van der Waals surface area (Å²) in [5.41, 5.74) is -0.153. The third-order valence-corrected chi connectivity index (χ3v) is 5.83. The number of benzene rings is 1. The highest BCUT2D eigenvalue weighted by Crippen LogP contribution is 2.60. The molecule has 0 spiro atoms. The van der Waals surface area contributed by atoms with Crippen molar-refractivity contribution in [1.82, 2.24) is 0 Å². The van der Waals surface area contributed by atoms with E-state index < -0.39 is 5.82 Å². The van der Waals surface area contributed by atoms with Gasteiger partial charge in [0.05, 0.1) is 0 Å². The summed E-state index contributed by atoms with van der Waals surface area (Å²) < 4.78 is 19.0. The van der Waals surface area contributed by atoms with E-state index >= 15 is 0 Å². The molecule has 0 N–H and O–H groups in total. The molecule has 4 bridgehead atoms. The molecule has 0 atom stereocenters. The number of carbonyl (C=O) groups excluding carboxylic acids is 1. The summed E-state index contributed by atoms with van der Waals surface area (Å²) >= 11 is 0. The summed E-state index contributed by atoms with van der Waals surface area (Å²) in [5, 5.41) is 0. The van der Waals surface area contributed by atoms with Crippen molar-refractivity contribution in [3.63, 3.8) is 0 Å². The highest BCUT2D eigenvalue weighted by molar-refractivity contribution is 5.86. The summed E-state index contributed by atoms with van der Waals surface area (Å²) in [6, 6.07) is 6.31. The maximum absolute atomic E-state index is 13.6. The SMILES string of the molecule is O=C(COc1ccccc1F)C12CC3CC(CC(C3)C1)C2. The quantitative estimate of drug-likeness (QED) is 0.837. The standard InChI is InChI=1S/C18H21FO2/c19-15-3-1-2-4-16(15)21-11-17(20)18-8-12-5-13(9-18)7-14(6-12)10-18/h1-4,12-14H,5-11H2. The van der Waals surface area contributed by atoms with E-state index in [-0.39, 0.29) is 23.6 Å². The van der Waals surface area contributed by atoms with Gasteiger partial charge in [0.2, 0.25) is 0 Å². The molecule has 4 aliphatic rings. The zero-order chi connectivity index (χ0) is 14.4. The molecule has 4 saturated carbocycles. The molecule has 5 rings (SSSR count). The van der Waals surface area contributed by atoms with Gasteiger partial charge in [-0.2, -0.15) is 0 Å². The molecule has 21 heavy (non-hydrogen) atoms. The van der Waals surface area contributed by atoms with Crippen LogP contribution in [0.15, 0.2) is 24.3 Å². The van der Waals surface area contributed by atoms with Crippen LogP contribution in [0.25, 0.3) is 0 Å². The largest absolute Gasteiger partial charge is 0.483 e. The minimum Gasteiger partial charge on any atom is -0.483 e. The third-order valence-electron chi connectivity index (χ3n) is 5.83. The smallest absolute Gasteiger partial charge is 0.176 e. The first kappa shape index (κ1) is 13.3. The van der Waals surface area contributed by atoms with E-state index in [1.165, 1.54) is 25.3 Å². The number of Topliss-reactive ketones (excluding diaryl/α,β-unsaturated/α-hetero) is 1. The first-order chi connectivity index (χ1) is 10.1. The Hall–Kier alpha value is -1.38. The molecule has 1 aromatic carbocycles. The number of para-hydroxylation sites is 1. The van der Waals surface area contributed by atoms with Crippen LogP contribution in [0, 0.1) is 29.0 Å². The Morgan fingerprint density at radius 1 is 1.10 bits per heavy atom. The van der Waals surface area contributed by atoms with Gasteiger partial charge in [0, 0.05) is 5.41 Å². The normalized spacial score (nSPS) is 36.7. The second-order valence-corrected chi connectivity index (χ2v) is 7.34. The zero-order valence-electron chi connectivity index (χ0n) is 12.2. The fourth-order valence-corrected chi connectivity index (χ4v) is 5.31. The molecule has 0 unspecified atom stereocenters. The first-order valence-corrected chi connectivity index (χ1v) is 8.05. The predicted octanol–water partition coefficient (Wildman–Crippen LogP) is 3.99. The lowest BCUT2D eigenvalue weighted by Crippen LogP contribution is -2.51. The Morgan fingerprint density at radius 3 is 2.24 bits per heavy atom. The van der Waals surface area contributed by atoms with Crippen LogP contribution < -0.4 is 4.74 Å². The van der Waals surface area contributed by atoms with Crippen LogP contribution in [0.3, 0.4) is 0 Å². The molecule has 0 aliphatic heterocycles. The van der Waals surface area contributed by atoms with Crippen molar-refractivity contribution in [2.75, 3.05) is 6.61 Å². The van der Waals surface area contributed by atoms with Gasteiger partial charge >= 0.3 is 0 Å². The highest BCUT2D eigenvalue weighted by atomic mass is 19.1. The molecule has 0 heterocycles. The van der Waals surface area contributed by atoms with Gasteiger partial charge in [-0.1, -0.05) is 12.1 Å². The molecule has 112 valence electrons. The van der Waals surface area contributed by atoms with E-state index in [9.17, 15) is 9.18 Å². The van der Waals surface area contributed by atoms with E-state index in [0.29, 0.717) is 0 Å². The molecule has 0 aromatic heterocycles.